The molecule has 5 heteroatoms. The number of hydrogen-bond acceptors (Lipinski definition) is 2. The number of nitrogens with zero attached hydrogens (tertiary/aromatic N) is 1. The maximum Gasteiger partial charge on any atom is 0.305 e. The molecule has 0 saturated heterocycles. The first kappa shape index (κ1) is 16.5. The lowest BCUT2D eigenvalue weighted by Gasteiger charge is -2.22. The smallest absolute Gasteiger partial charge is 0.305 e. The van der Waals surface area contributed by atoms with Gasteiger partial charge >= 0.3 is 5.97 Å². The number of unbranched alkanes of at least 4 members (excludes halogenated alkanes) is 1. The van der Waals surface area contributed by atoms with Gasteiger partial charge < -0.3 is 10.0 Å². The Morgan fingerprint density at radius 3 is 2.40 bits per heavy atom. The average Bonchev–Trinajstić information content (AvgIpc) is 2.42. The third-order valence-corrected chi connectivity index (χ3v) is 3.23. The normalized spacial score (nSPS) is 10.3. The highest BCUT2D eigenvalue weighted by molar-refractivity contribution is 6.30. The SMILES string of the molecule is CCCCC(=O)N(CCC(=O)O)Cc1ccc(Cl)cc1. The first-order valence-corrected chi connectivity index (χ1v) is 7.14. The van der Waals surface area contributed by atoms with E-state index in [1.165, 1.54) is 0 Å². The lowest BCUT2D eigenvalue weighted by molar-refractivity contribution is -0.138. The fourth-order valence-corrected chi connectivity index (χ4v) is 1.94. The summed E-state index contributed by atoms with van der Waals surface area (Å²) >= 11 is 5.82. The van der Waals surface area contributed by atoms with E-state index in [0.717, 1.165) is 18.4 Å². The van der Waals surface area contributed by atoms with Crippen molar-refractivity contribution < 1.29 is 14.7 Å². The van der Waals surface area contributed by atoms with Gasteiger partial charge in [-0.05, 0) is 24.1 Å². The van der Waals surface area contributed by atoms with Gasteiger partial charge in [-0.2, -0.15) is 0 Å². The van der Waals surface area contributed by atoms with Crippen LogP contribution in [-0.4, -0.2) is 28.4 Å². The summed E-state index contributed by atoms with van der Waals surface area (Å²) < 4.78 is 0. The predicted molar refractivity (Wildman–Crippen MR) is 78.6 cm³/mol. The van der Waals surface area contributed by atoms with Gasteiger partial charge in [0.15, 0.2) is 0 Å². The number of carboxylic acids is 1. The van der Waals surface area contributed by atoms with Gasteiger partial charge in [0.25, 0.3) is 0 Å². The van der Waals surface area contributed by atoms with Crippen LogP contribution in [0, 0.1) is 0 Å². The number of carbonyl (C=O) groups excluding carboxylic acids is 1. The van der Waals surface area contributed by atoms with Crippen LogP contribution in [0.3, 0.4) is 0 Å². The summed E-state index contributed by atoms with van der Waals surface area (Å²) in [5.41, 5.74) is 0.949. The monoisotopic (exact) mass is 297 g/mol. The van der Waals surface area contributed by atoms with Crippen molar-refractivity contribution in [2.24, 2.45) is 0 Å². The van der Waals surface area contributed by atoms with Crippen molar-refractivity contribution in [2.45, 2.75) is 39.2 Å². The number of rotatable bonds is 8. The van der Waals surface area contributed by atoms with Gasteiger partial charge in [-0.15, -0.1) is 0 Å². The molecular formula is C15H20ClNO3. The van der Waals surface area contributed by atoms with E-state index in [1.54, 1.807) is 17.0 Å². The van der Waals surface area contributed by atoms with Gasteiger partial charge in [-0.1, -0.05) is 37.1 Å². The topological polar surface area (TPSA) is 57.6 Å². The van der Waals surface area contributed by atoms with Crippen LogP contribution >= 0.6 is 11.6 Å². The Morgan fingerprint density at radius 2 is 1.85 bits per heavy atom. The number of benzene rings is 1. The molecule has 0 aliphatic carbocycles. The largest absolute Gasteiger partial charge is 0.481 e. The maximum absolute atomic E-state index is 12.1. The predicted octanol–water partition coefficient (Wildman–Crippen LogP) is 3.33. The summed E-state index contributed by atoms with van der Waals surface area (Å²) in [6.45, 7) is 2.68. The van der Waals surface area contributed by atoms with Gasteiger partial charge in [0.2, 0.25) is 5.91 Å². The van der Waals surface area contributed by atoms with Crippen molar-refractivity contribution in [1.82, 2.24) is 4.90 Å². The van der Waals surface area contributed by atoms with E-state index in [4.69, 9.17) is 16.7 Å². The third-order valence-electron chi connectivity index (χ3n) is 2.98. The molecule has 1 aromatic carbocycles. The number of carbonyl (C=O) groups is 2. The zero-order valence-electron chi connectivity index (χ0n) is 11.6. The lowest BCUT2D eigenvalue weighted by Crippen LogP contribution is -2.32. The van der Waals surface area contributed by atoms with Crippen LogP contribution in [0.2, 0.25) is 5.02 Å². The van der Waals surface area contributed by atoms with Crippen molar-refractivity contribution in [2.75, 3.05) is 6.54 Å². The van der Waals surface area contributed by atoms with Crippen LogP contribution in [0.1, 0.15) is 38.2 Å². The van der Waals surface area contributed by atoms with E-state index in [9.17, 15) is 9.59 Å². The maximum atomic E-state index is 12.1. The zero-order valence-corrected chi connectivity index (χ0v) is 12.4. The molecule has 0 aliphatic rings. The number of aliphatic carboxylic acids is 1. The van der Waals surface area contributed by atoms with Crippen LogP contribution in [0.5, 0.6) is 0 Å². The molecule has 0 heterocycles. The van der Waals surface area contributed by atoms with Gasteiger partial charge in [-0.3, -0.25) is 9.59 Å². The summed E-state index contributed by atoms with van der Waals surface area (Å²) in [5.74, 6) is -0.891. The molecule has 0 bridgehead atoms. The van der Waals surface area contributed by atoms with Crippen LogP contribution in [0.4, 0.5) is 0 Å². The molecule has 0 radical (unpaired) electrons. The van der Waals surface area contributed by atoms with E-state index >= 15 is 0 Å². The van der Waals surface area contributed by atoms with E-state index in [1.807, 2.05) is 19.1 Å². The fourth-order valence-electron chi connectivity index (χ4n) is 1.82. The average molecular weight is 298 g/mol. The summed E-state index contributed by atoms with van der Waals surface area (Å²) in [5, 5.41) is 9.41. The molecule has 0 saturated carbocycles. The van der Waals surface area contributed by atoms with Crippen LogP contribution < -0.4 is 0 Å². The first-order valence-electron chi connectivity index (χ1n) is 6.77. The van der Waals surface area contributed by atoms with Gasteiger partial charge in [0.1, 0.15) is 0 Å². The number of amides is 1. The molecule has 0 unspecified atom stereocenters. The van der Waals surface area contributed by atoms with Crippen LogP contribution in [0.15, 0.2) is 24.3 Å². The molecule has 0 atom stereocenters. The molecule has 1 amide bonds. The fraction of sp³-hybridized carbons (Fsp3) is 0.467. The standard InChI is InChI=1S/C15H20ClNO3/c1-2-3-4-14(18)17(10-9-15(19)20)11-12-5-7-13(16)8-6-12/h5-8H,2-4,9-11H2,1H3,(H,19,20). The highest BCUT2D eigenvalue weighted by Crippen LogP contribution is 2.13. The molecule has 4 nitrogen and oxygen atoms in total. The molecule has 0 fully saturated rings. The highest BCUT2D eigenvalue weighted by atomic mass is 35.5. The highest BCUT2D eigenvalue weighted by Gasteiger charge is 2.14. The Labute approximate surface area is 124 Å². The molecule has 0 aliphatic heterocycles. The van der Waals surface area contributed by atoms with Crippen molar-refractivity contribution in [3.05, 3.63) is 34.9 Å². The minimum absolute atomic E-state index is 0.00282. The van der Waals surface area contributed by atoms with Gasteiger partial charge in [0.05, 0.1) is 6.42 Å². The summed E-state index contributed by atoms with van der Waals surface area (Å²) in [7, 11) is 0. The summed E-state index contributed by atoms with van der Waals surface area (Å²) in [6, 6.07) is 7.23. The van der Waals surface area contributed by atoms with Gasteiger partial charge in [0, 0.05) is 24.5 Å². The Kier molecular flexibility index (Phi) is 7.09. The van der Waals surface area contributed by atoms with Crippen molar-refractivity contribution >= 4 is 23.5 Å². The number of carboxylic acid groups (broad SMARTS) is 1. The van der Waals surface area contributed by atoms with Crippen LogP contribution in [0.25, 0.3) is 0 Å². The zero-order chi connectivity index (χ0) is 15.0. The molecular weight excluding hydrogens is 278 g/mol. The van der Waals surface area contributed by atoms with Crippen molar-refractivity contribution in [3.8, 4) is 0 Å². The molecule has 1 rings (SSSR count). The molecule has 0 aromatic heterocycles. The van der Waals surface area contributed by atoms with E-state index in [-0.39, 0.29) is 18.9 Å². The number of halogens is 1. The Bertz CT molecular complexity index is 445. The lowest BCUT2D eigenvalue weighted by atomic mass is 10.1. The number of hydrogen-bond donors (Lipinski definition) is 1. The van der Waals surface area contributed by atoms with Gasteiger partial charge in [-0.25, -0.2) is 0 Å². The van der Waals surface area contributed by atoms with E-state index in [2.05, 4.69) is 0 Å². The quantitative estimate of drug-likeness (QED) is 0.800. The molecule has 0 spiro atoms. The molecule has 20 heavy (non-hydrogen) atoms. The first-order chi connectivity index (χ1) is 9.52. The molecule has 1 N–H and O–H groups in total. The van der Waals surface area contributed by atoms with Crippen LogP contribution in [-0.2, 0) is 16.1 Å². The van der Waals surface area contributed by atoms with E-state index < -0.39 is 5.97 Å². The summed E-state index contributed by atoms with van der Waals surface area (Å²) in [4.78, 5) is 24.4. The Balaban J connectivity index is 2.67. The third kappa shape index (κ3) is 6.06. The summed E-state index contributed by atoms with van der Waals surface area (Å²) in [6.07, 6.45) is 2.19. The van der Waals surface area contributed by atoms with Crippen molar-refractivity contribution in [3.63, 3.8) is 0 Å². The minimum Gasteiger partial charge on any atom is -0.481 e. The van der Waals surface area contributed by atoms with Crippen molar-refractivity contribution in [1.29, 1.82) is 0 Å². The molecule has 110 valence electrons. The second kappa shape index (κ2) is 8.59. The van der Waals surface area contributed by atoms with E-state index in [0.29, 0.717) is 18.0 Å². The second-order valence-corrected chi connectivity index (χ2v) is 5.13. The minimum atomic E-state index is -0.894. The second-order valence-electron chi connectivity index (χ2n) is 4.69. The Hall–Kier alpha value is -1.55. The Morgan fingerprint density at radius 1 is 1.20 bits per heavy atom. The molecule has 1 aromatic rings.